The topological polar surface area (TPSA) is 134 Å². The number of aliphatic hydroxyl groups excluding tert-OH is 1. The van der Waals surface area contributed by atoms with Crippen molar-refractivity contribution in [3.05, 3.63) is 24.0 Å². The van der Waals surface area contributed by atoms with Gasteiger partial charge in [-0.25, -0.2) is 9.13 Å². The van der Waals surface area contributed by atoms with Crippen molar-refractivity contribution in [2.75, 3.05) is 0 Å². The van der Waals surface area contributed by atoms with Crippen LogP contribution in [0.1, 0.15) is 52.9 Å². The number of hydrogen-bond donors (Lipinski definition) is 4. The van der Waals surface area contributed by atoms with Crippen molar-refractivity contribution in [3.8, 4) is 0 Å². The summed E-state index contributed by atoms with van der Waals surface area (Å²) in [6.07, 6.45) is 8.19. The zero-order valence-corrected chi connectivity index (χ0v) is 16.0. The molecule has 0 aliphatic carbocycles. The highest BCUT2D eigenvalue weighted by atomic mass is 31.3. The summed E-state index contributed by atoms with van der Waals surface area (Å²) in [7, 11) is -9.93. The maximum absolute atomic E-state index is 11.2. The Morgan fingerprint density at radius 2 is 1.79 bits per heavy atom. The predicted molar refractivity (Wildman–Crippen MR) is 90.9 cm³/mol. The monoisotopic (exact) mass is 386 g/mol. The third-order valence-corrected chi connectivity index (χ3v) is 5.39. The van der Waals surface area contributed by atoms with E-state index < -0.39 is 15.6 Å². The second-order valence-corrected chi connectivity index (χ2v) is 8.50. The number of aliphatic hydroxyl groups is 1. The van der Waals surface area contributed by atoms with E-state index in [1.54, 1.807) is 6.92 Å². The van der Waals surface area contributed by atoms with Crippen molar-refractivity contribution in [2.45, 2.75) is 59.0 Å². The van der Waals surface area contributed by atoms with Crippen molar-refractivity contribution in [1.29, 1.82) is 0 Å². The van der Waals surface area contributed by atoms with Crippen molar-refractivity contribution in [1.82, 2.24) is 0 Å². The van der Waals surface area contributed by atoms with Gasteiger partial charge in [0.15, 0.2) is 0 Å². The first-order valence-electron chi connectivity index (χ1n) is 7.74. The highest BCUT2D eigenvalue weighted by Gasteiger charge is 2.32. The SMILES string of the molecule is CCC(O)CCC(C)CCC=C(C)/C=C/OP(=O)(O)OP(=O)(O)O. The van der Waals surface area contributed by atoms with Crippen LogP contribution >= 0.6 is 15.6 Å². The van der Waals surface area contributed by atoms with Crippen molar-refractivity contribution in [2.24, 2.45) is 5.92 Å². The molecule has 8 nitrogen and oxygen atoms in total. The summed E-state index contributed by atoms with van der Waals surface area (Å²) in [6.45, 7) is 5.83. The molecule has 0 saturated heterocycles. The van der Waals surface area contributed by atoms with Gasteiger partial charge in [0.2, 0.25) is 0 Å². The lowest BCUT2D eigenvalue weighted by atomic mass is 9.97. The average molecular weight is 386 g/mol. The molecule has 3 unspecified atom stereocenters. The number of rotatable bonds is 12. The second kappa shape index (κ2) is 11.2. The summed E-state index contributed by atoms with van der Waals surface area (Å²) in [6, 6.07) is 0. The number of phosphoric ester groups is 1. The summed E-state index contributed by atoms with van der Waals surface area (Å²) in [5.74, 6) is 0.477. The summed E-state index contributed by atoms with van der Waals surface area (Å²) in [5, 5.41) is 9.52. The van der Waals surface area contributed by atoms with Crippen molar-refractivity contribution >= 4 is 15.6 Å². The van der Waals surface area contributed by atoms with Gasteiger partial charge in [0.05, 0.1) is 12.4 Å². The van der Waals surface area contributed by atoms with Gasteiger partial charge >= 0.3 is 15.6 Å². The summed E-state index contributed by atoms with van der Waals surface area (Å²) in [5.41, 5.74) is 0.770. The zero-order valence-electron chi connectivity index (χ0n) is 14.2. The van der Waals surface area contributed by atoms with E-state index in [1.807, 2.05) is 13.0 Å². The van der Waals surface area contributed by atoms with Crippen molar-refractivity contribution in [3.63, 3.8) is 0 Å². The standard InChI is InChI=1S/C14H28O8P2/c1-4-14(15)9-8-12(2)6-5-7-13(3)10-11-21-24(19,20)22-23(16,17)18/h7,10-12,14-15H,4-6,8-9H2,1-3H3,(H,19,20)(H2,16,17,18)/b11-10+,13-7?. The normalized spacial score (nSPS) is 18.4. The highest BCUT2D eigenvalue weighted by molar-refractivity contribution is 7.60. The molecule has 0 aromatic rings. The van der Waals surface area contributed by atoms with Crippen LogP contribution in [0.15, 0.2) is 24.0 Å². The quantitative estimate of drug-likeness (QED) is 0.227. The minimum atomic E-state index is -5.10. The van der Waals surface area contributed by atoms with E-state index in [1.165, 1.54) is 6.08 Å². The largest absolute Gasteiger partial charge is 0.535 e. The number of phosphoric acid groups is 2. The molecule has 142 valence electrons. The van der Waals surface area contributed by atoms with Crippen LogP contribution in [0, 0.1) is 5.92 Å². The van der Waals surface area contributed by atoms with Crippen LogP contribution in [0.5, 0.6) is 0 Å². The van der Waals surface area contributed by atoms with Gasteiger partial charge in [0.25, 0.3) is 0 Å². The maximum Gasteiger partial charge on any atom is 0.535 e. The number of hydrogen-bond acceptors (Lipinski definition) is 5. The van der Waals surface area contributed by atoms with Crippen LogP contribution in [0.3, 0.4) is 0 Å². The van der Waals surface area contributed by atoms with Crippen LogP contribution in [0.4, 0.5) is 0 Å². The Labute approximate surface area is 143 Å². The van der Waals surface area contributed by atoms with Crippen LogP contribution in [0.25, 0.3) is 0 Å². The Bertz CT molecular complexity index is 511. The van der Waals surface area contributed by atoms with Crippen LogP contribution < -0.4 is 0 Å². The number of allylic oxidation sites excluding steroid dienone is 3. The molecule has 0 radical (unpaired) electrons. The van der Waals surface area contributed by atoms with Gasteiger partial charge in [0, 0.05) is 0 Å². The fraction of sp³-hybridized carbons (Fsp3) is 0.714. The summed E-state index contributed by atoms with van der Waals surface area (Å²) in [4.78, 5) is 26.0. The molecule has 0 fully saturated rings. The molecule has 0 heterocycles. The molecule has 0 aliphatic rings. The molecule has 0 amide bonds. The van der Waals surface area contributed by atoms with E-state index in [-0.39, 0.29) is 6.10 Å². The van der Waals surface area contributed by atoms with Gasteiger partial charge < -0.3 is 19.4 Å². The minimum Gasteiger partial charge on any atom is -0.412 e. The van der Waals surface area contributed by atoms with Crippen molar-refractivity contribution < 1.29 is 37.8 Å². The van der Waals surface area contributed by atoms with Gasteiger partial charge in [-0.3, -0.25) is 4.89 Å². The van der Waals surface area contributed by atoms with E-state index in [9.17, 15) is 14.2 Å². The minimum absolute atomic E-state index is 0.241. The lowest BCUT2D eigenvalue weighted by Crippen LogP contribution is -2.06. The molecular formula is C14H28O8P2. The molecule has 0 saturated carbocycles. The molecule has 3 atom stereocenters. The molecule has 4 N–H and O–H groups in total. The average Bonchev–Trinajstić information content (AvgIpc) is 2.41. The fourth-order valence-corrected chi connectivity index (χ4v) is 3.30. The summed E-state index contributed by atoms with van der Waals surface area (Å²) < 4.78 is 29.6. The van der Waals surface area contributed by atoms with Crippen LogP contribution in [-0.4, -0.2) is 25.9 Å². The van der Waals surface area contributed by atoms with E-state index >= 15 is 0 Å². The van der Waals surface area contributed by atoms with Gasteiger partial charge in [-0.1, -0.05) is 25.5 Å². The van der Waals surface area contributed by atoms with E-state index in [4.69, 9.17) is 14.7 Å². The van der Waals surface area contributed by atoms with Gasteiger partial charge in [0.1, 0.15) is 0 Å². The van der Waals surface area contributed by atoms with E-state index in [2.05, 4.69) is 15.8 Å². The first kappa shape index (κ1) is 23.5. The van der Waals surface area contributed by atoms with Crippen LogP contribution in [0.2, 0.25) is 0 Å². The van der Waals surface area contributed by atoms with Gasteiger partial charge in [-0.15, -0.1) is 0 Å². The summed E-state index contributed by atoms with van der Waals surface area (Å²) >= 11 is 0. The molecule has 0 spiro atoms. The Kier molecular flexibility index (Phi) is 11.0. The molecule has 24 heavy (non-hydrogen) atoms. The smallest absolute Gasteiger partial charge is 0.412 e. The van der Waals surface area contributed by atoms with E-state index in [0.29, 0.717) is 5.92 Å². The Morgan fingerprint density at radius 3 is 2.33 bits per heavy atom. The highest BCUT2D eigenvalue weighted by Crippen LogP contribution is 2.57. The van der Waals surface area contributed by atoms with Crippen LogP contribution in [-0.2, 0) is 18.0 Å². The Balaban J connectivity index is 4.18. The predicted octanol–water partition coefficient (Wildman–Crippen LogP) is 3.64. The molecule has 0 rings (SSSR count). The Hall–Kier alpha value is -0.460. The first-order valence-corrected chi connectivity index (χ1v) is 10.8. The third kappa shape index (κ3) is 13.9. The third-order valence-electron chi connectivity index (χ3n) is 3.32. The molecule has 0 aromatic heterocycles. The first-order chi connectivity index (χ1) is 10.9. The molecular weight excluding hydrogens is 358 g/mol. The second-order valence-electron chi connectivity index (χ2n) is 5.72. The zero-order chi connectivity index (χ0) is 18.8. The lowest BCUT2D eigenvalue weighted by molar-refractivity contribution is 0.151. The molecule has 10 heteroatoms. The maximum atomic E-state index is 11.2. The van der Waals surface area contributed by atoms with E-state index in [0.717, 1.165) is 43.9 Å². The molecule has 0 bridgehead atoms. The fourth-order valence-electron chi connectivity index (χ4n) is 1.86. The molecule has 0 aromatic carbocycles. The Morgan fingerprint density at radius 1 is 1.17 bits per heavy atom. The molecule has 0 aliphatic heterocycles. The van der Waals surface area contributed by atoms with Gasteiger partial charge in [-0.05, 0) is 51.0 Å². The van der Waals surface area contributed by atoms with Gasteiger partial charge in [-0.2, -0.15) is 4.31 Å². The lowest BCUT2D eigenvalue weighted by Gasteiger charge is -2.12.